The highest BCUT2D eigenvalue weighted by Gasteiger charge is 2.36. The molecule has 0 bridgehead atoms. The average Bonchev–Trinajstić information content (AvgIpc) is 2.89. The first-order valence-electron chi connectivity index (χ1n) is 12.1. The van der Waals surface area contributed by atoms with E-state index in [0.29, 0.717) is 11.8 Å². The van der Waals surface area contributed by atoms with Crippen LogP contribution in [0.4, 0.5) is 0 Å². The molecule has 0 aromatic heterocycles. The molecule has 0 amide bonds. The Morgan fingerprint density at radius 2 is 1.19 bits per heavy atom. The molecular weight excluding hydrogens is 392 g/mol. The summed E-state index contributed by atoms with van der Waals surface area (Å²) in [5, 5.41) is 4.89. The van der Waals surface area contributed by atoms with Crippen molar-refractivity contribution < 1.29 is 9.47 Å². The van der Waals surface area contributed by atoms with Gasteiger partial charge in [0.05, 0.1) is 13.2 Å². The first-order valence-corrected chi connectivity index (χ1v) is 12.1. The second-order valence-electron chi connectivity index (χ2n) is 9.59. The van der Waals surface area contributed by atoms with Gasteiger partial charge in [-0.3, -0.25) is 0 Å². The van der Waals surface area contributed by atoms with Crippen molar-refractivity contribution in [3.63, 3.8) is 0 Å². The number of ether oxygens (including phenoxy) is 2. The van der Waals surface area contributed by atoms with Gasteiger partial charge in [0.2, 0.25) is 0 Å². The van der Waals surface area contributed by atoms with Crippen LogP contribution >= 0.6 is 0 Å². The van der Waals surface area contributed by atoms with Gasteiger partial charge in [-0.05, 0) is 58.4 Å². The number of benzene rings is 4. The highest BCUT2D eigenvalue weighted by molar-refractivity contribution is 6.09. The van der Waals surface area contributed by atoms with Crippen LogP contribution in [0.5, 0.6) is 11.5 Å². The molecule has 4 aromatic carbocycles. The Hall–Kier alpha value is -3.00. The Balaban J connectivity index is 1.50. The maximum absolute atomic E-state index is 6.61. The van der Waals surface area contributed by atoms with Crippen LogP contribution in [-0.4, -0.2) is 13.2 Å². The molecule has 0 N–H and O–H groups in total. The minimum Gasteiger partial charge on any atom is -0.492 e. The van der Waals surface area contributed by atoms with Gasteiger partial charge in [0.1, 0.15) is 11.5 Å². The van der Waals surface area contributed by atoms with Gasteiger partial charge in [-0.2, -0.15) is 0 Å². The molecule has 2 nitrogen and oxygen atoms in total. The molecule has 1 fully saturated rings. The van der Waals surface area contributed by atoms with Crippen LogP contribution in [0.3, 0.4) is 0 Å². The van der Waals surface area contributed by atoms with Crippen LogP contribution in [-0.2, 0) is 0 Å². The number of rotatable bonds is 3. The summed E-state index contributed by atoms with van der Waals surface area (Å²) in [7, 11) is 0. The molecule has 0 atom stereocenters. The van der Waals surface area contributed by atoms with Gasteiger partial charge in [0, 0.05) is 17.0 Å². The van der Waals surface area contributed by atoms with Crippen molar-refractivity contribution in [2.75, 3.05) is 13.2 Å². The molecule has 4 aromatic rings. The molecule has 2 heteroatoms. The molecule has 1 heterocycles. The summed E-state index contributed by atoms with van der Waals surface area (Å²) in [5.41, 5.74) is 2.32. The number of fused-ring (bicyclic) bond motifs is 7. The summed E-state index contributed by atoms with van der Waals surface area (Å²) >= 11 is 0. The minimum atomic E-state index is 0.430. The molecule has 0 unspecified atom stereocenters. The summed E-state index contributed by atoms with van der Waals surface area (Å²) in [6.45, 7) is 3.74. The fourth-order valence-electron chi connectivity index (χ4n) is 5.79. The summed E-state index contributed by atoms with van der Waals surface area (Å²) in [5.74, 6) is 3.98. The number of hydrogen-bond donors (Lipinski definition) is 0. The van der Waals surface area contributed by atoms with E-state index in [1.165, 1.54) is 47.2 Å². The normalized spacial score (nSPS) is 20.8. The van der Waals surface area contributed by atoms with Gasteiger partial charge < -0.3 is 9.47 Å². The van der Waals surface area contributed by atoms with Gasteiger partial charge in [0.15, 0.2) is 0 Å². The van der Waals surface area contributed by atoms with Crippen LogP contribution in [0.1, 0.15) is 32.6 Å². The smallest absolute Gasteiger partial charge is 0.127 e. The van der Waals surface area contributed by atoms with Crippen molar-refractivity contribution in [2.45, 2.75) is 32.6 Å². The van der Waals surface area contributed by atoms with E-state index in [-0.39, 0.29) is 0 Å². The lowest BCUT2D eigenvalue weighted by atomic mass is 9.67. The van der Waals surface area contributed by atoms with E-state index in [1.807, 2.05) is 0 Å². The van der Waals surface area contributed by atoms with E-state index in [1.54, 1.807) is 0 Å². The maximum Gasteiger partial charge on any atom is 0.127 e. The third-order valence-electron chi connectivity index (χ3n) is 7.57. The molecular formula is C30H30O2. The van der Waals surface area contributed by atoms with E-state index in [9.17, 15) is 0 Å². The molecule has 1 aliphatic heterocycles. The van der Waals surface area contributed by atoms with Crippen LogP contribution in [0, 0.1) is 17.8 Å². The molecule has 1 aliphatic carbocycles. The van der Waals surface area contributed by atoms with E-state index >= 15 is 0 Å². The average molecular weight is 423 g/mol. The lowest BCUT2D eigenvalue weighted by molar-refractivity contribution is 0.0511. The van der Waals surface area contributed by atoms with Crippen LogP contribution < -0.4 is 9.47 Å². The standard InChI is InChI=1S/C30H30O2/c1-2-7-20-16-23(17-20)24-18-31-27-14-12-21-8-3-5-10-25(21)29(27)30-26-11-6-4-9-22(26)13-15-28(30)32-19-24/h3-6,8-15,20,23-24H,2,7,16-19H2,1H3. The van der Waals surface area contributed by atoms with E-state index in [4.69, 9.17) is 9.47 Å². The van der Waals surface area contributed by atoms with Crippen molar-refractivity contribution in [2.24, 2.45) is 17.8 Å². The monoisotopic (exact) mass is 422 g/mol. The predicted octanol–water partition coefficient (Wildman–Crippen LogP) is 7.87. The lowest BCUT2D eigenvalue weighted by Gasteiger charge is -2.40. The lowest BCUT2D eigenvalue weighted by Crippen LogP contribution is -2.36. The summed E-state index contributed by atoms with van der Waals surface area (Å²) in [6, 6.07) is 25.9. The van der Waals surface area contributed by atoms with Crippen molar-refractivity contribution in [3.8, 4) is 22.6 Å². The largest absolute Gasteiger partial charge is 0.492 e. The quantitative estimate of drug-likeness (QED) is 0.334. The summed E-state index contributed by atoms with van der Waals surface area (Å²) in [6.07, 6.45) is 5.28. The van der Waals surface area contributed by atoms with Crippen molar-refractivity contribution in [3.05, 3.63) is 72.8 Å². The van der Waals surface area contributed by atoms with Crippen molar-refractivity contribution in [1.29, 1.82) is 0 Å². The third-order valence-corrected chi connectivity index (χ3v) is 7.57. The Bertz CT molecular complexity index is 1180. The van der Waals surface area contributed by atoms with Gasteiger partial charge in [-0.1, -0.05) is 80.4 Å². The molecule has 6 rings (SSSR count). The molecule has 32 heavy (non-hydrogen) atoms. The Kier molecular flexibility index (Phi) is 5.02. The molecule has 2 aliphatic rings. The summed E-state index contributed by atoms with van der Waals surface area (Å²) in [4.78, 5) is 0. The van der Waals surface area contributed by atoms with Crippen molar-refractivity contribution in [1.82, 2.24) is 0 Å². The second-order valence-corrected chi connectivity index (χ2v) is 9.59. The van der Waals surface area contributed by atoms with Crippen molar-refractivity contribution >= 4 is 21.5 Å². The fourth-order valence-corrected chi connectivity index (χ4v) is 5.79. The van der Waals surface area contributed by atoms with Gasteiger partial charge in [0.25, 0.3) is 0 Å². The molecule has 0 radical (unpaired) electrons. The highest BCUT2D eigenvalue weighted by Crippen LogP contribution is 2.48. The summed E-state index contributed by atoms with van der Waals surface area (Å²) < 4.78 is 13.2. The Morgan fingerprint density at radius 1 is 0.656 bits per heavy atom. The van der Waals surface area contributed by atoms with E-state index in [0.717, 1.165) is 41.8 Å². The highest BCUT2D eigenvalue weighted by atomic mass is 16.5. The Labute approximate surface area is 190 Å². The van der Waals surface area contributed by atoms with E-state index in [2.05, 4.69) is 79.7 Å². The SMILES string of the molecule is CCCC1CC(C2COc3ccc4ccccc4c3-c3c(ccc4ccccc34)OC2)C1. The van der Waals surface area contributed by atoms with E-state index < -0.39 is 0 Å². The predicted molar refractivity (Wildman–Crippen MR) is 132 cm³/mol. The molecule has 162 valence electrons. The van der Waals surface area contributed by atoms with Gasteiger partial charge in [-0.15, -0.1) is 0 Å². The Morgan fingerprint density at radius 3 is 1.72 bits per heavy atom. The fraction of sp³-hybridized carbons (Fsp3) is 0.333. The van der Waals surface area contributed by atoms with Gasteiger partial charge >= 0.3 is 0 Å². The first kappa shape index (κ1) is 19.7. The topological polar surface area (TPSA) is 18.5 Å². The van der Waals surface area contributed by atoms with Crippen LogP contribution in [0.2, 0.25) is 0 Å². The zero-order valence-electron chi connectivity index (χ0n) is 18.7. The molecule has 0 spiro atoms. The molecule has 1 saturated carbocycles. The zero-order valence-corrected chi connectivity index (χ0v) is 18.7. The zero-order chi connectivity index (χ0) is 21.5. The van der Waals surface area contributed by atoms with Gasteiger partial charge in [-0.25, -0.2) is 0 Å². The molecule has 0 saturated heterocycles. The third kappa shape index (κ3) is 3.33. The van der Waals surface area contributed by atoms with Crippen LogP contribution in [0.15, 0.2) is 72.8 Å². The maximum atomic E-state index is 6.61. The van der Waals surface area contributed by atoms with Crippen LogP contribution in [0.25, 0.3) is 32.7 Å². The first-order chi connectivity index (χ1) is 15.8. The second kappa shape index (κ2) is 8.16. The minimum absolute atomic E-state index is 0.430. The number of hydrogen-bond acceptors (Lipinski definition) is 2.